The van der Waals surface area contributed by atoms with Gasteiger partial charge in [-0.3, -0.25) is 4.79 Å². The van der Waals surface area contributed by atoms with Crippen molar-refractivity contribution in [2.24, 2.45) is 5.92 Å². The fourth-order valence-electron chi connectivity index (χ4n) is 3.84. The van der Waals surface area contributed by atoms with E-state index in [9.17, 15) is 4.79 Å². The van der Waals surface area contributed by atoms with Gasteiger partial charge in [0.15, 0.2) is 10.9 Å². The SMILES string of the molecule is COc1ccc(N2CCN(c3cc(C)nc(SCc4ccc(C(=O)NCC(C)C)o4)n3)CC2)cc1. The zero-order chi connectivity index (χ0) is 24.8. The van der Waals surface area contributed by atoms with E-state index >= 15 is 0 Å². The highest BCUT2D eigenvalue weighted by Gasteiger charge is 2.20. The number of nitrogens with zero attached hydrogens (tertiary/aromatic N) is 4. The van der Waals surface area contributed by atoms with Crippen LogP contribution in [0.15, 0.2) is 52.0 Å². The van der Waals surface area contributed by atoms with E-state index < -0.39 is 0 Å². The highest BCUT2D eigenvalue weighted by atomic mass is 32.2. The van der Waals surface area contributed by atoms with E-state index in [0.717, 1.165) is 49.2 Å². The van der Waals surface area contributed by atoms with Crippen molar-refractivity contribution in [3.05, 3.63) is 59.7 Å². The Bertz CT molecular complexity index is 1120. The Labute approximate surface area is 211 Å². The molecule has 1 amide bonds. The predicted molar refractivity (Wildman–Crippen MR) is 140 cm³/mol. The molecule has 1 aliphatic heterocycles. The molecule has 3 aromatic rings. The summed E-state index contributed by atoms with van der Waals surface area (Å²) in [4.78, 5) is 26.3. The molecule has 186 valence electrons. The Kier molecular flexibility index (Phi) is 8.17. The summed E-state index contributed by atoms with van der Waals surface area (Å²) in [6.45, 7) is 10.4. The molecular weight excluding hydrogens is 462 g/mol. The van der Waals surface area contributed by atoms with Crippen LogP contribution in [0.4, 0.5) is 11.5 Å². The highest BCUT2D eigenvalue weighted by Crippen LogP contribution is 2.26. The smallest absolute Gasteiger partial charge is 0.287 e. The fraction of sp³-hybridized carbons (Fsp3) is 0.423. The number of carbonyl (C=O) groups excluding carboxylic acids is 1. The number of anilines is 2. The number of thioether (sulfide) groups is 1. The monoisotopic (exact) mass is 495 g/mol. The first-order chi connectivity index (χ1) is 16.9. The second-order valence-electron chi connectivity index (χ2n) is 8.98. The maximum absolute atomic E-state index is 12.2. The average Bonchev–Trinajstić information content (AvgIpc) is 3.35. The quantitative estimate of drug-likeness (QED) is 0.346. The lowest BCUT2D eigenvalue weighted by Gasteiger charge is -2.36. The van der Waals surface area contributed by atoms with Crippen molar-refractivity contribution in [3.63, 3.8) is 0 Å². The minimum Gasteiger partial charge on any atom is -0.497 e. The second kappa shape index (κ2) is 11.5. The third kappa shape index (κ3) is 6.69. The predicted octanol–water partition coefficient (Wildman–Crippen LogP) is 4.39. The lowest BCUT2D eigenvalue weighted by Crippen LogP contribution is -2.46. The van der Waals surface area contributed by atoms with Crippen LogP contribution < -0.4 is 19.9 Å². The van der Waals surface area contributed by atoms with Gasteiger partial charge in [-0.2, -0.15) is 0 Å². The largest absolute Gasteiger partial charge is 0.497 e. The molecule has 0 aliphatic carbocycles. The lowest BCUT2D eigenvalue weighted by atomic mass is 10.2. The zero-order valence-corrected chi connectivity index (χ0v) is 21.6. The molecule has 3 heterocycles. The van der Waals surface area contributed by atoms with Crippen LogP contribution in [0.25, 0.3) is 0 Å². The van der Waals surface area contributed by atoms with Crippen molar-refractivity contribution >= 4 is 29.2 Å². The van der Waals surface area contributed by atoms with E-state index in [-0.39, 0.29) is 5.91 Å². The van der Waals surface area contributed by atoms with Gasteiger partial charge in [0.2, 0.25) is 0 Å². The topological polar surface area (TPSA) is 83.7 Å². The molecule has 35 heavy (non-hydrogen) atoms. The minimum absolute atomic E-state index is 0.183. The maximum atomic E-state index is 12.2. The average molecular weight is 496 g/mol. The fourth-order valence-corrected chi connectivity index (χ4v) is 4.63. The van der Waals surface area contributed by atoms with Crippen LogP contribution in [0.3, 0.4) is 0 Å². The van der Waals surface area contributed by atoms with Crippen LogP contribution in [-0.4, -0.2) is 55.7 Å². The summed E-state index contributed by atoms with van der Waals surface area (Å²) in [6, 6.07) is 13.8. The summed E-state index contributed by atoms with van der Waals surface area (Å²) < 4.78 is 11.0. The van der Waals surface area contributed by atoms with Gasteiger partial charge < -0.3 is 24.3 Å². The minimum atomic E-state index is -0.183. The lowest BCUT2D eigenvalue weighted by molar-refractivity contribution is 0.0920. The second-order valence-corrected chi connectivity index (χ2v) is 9.92. The molecule has 0 spiro atoms. The molecule has 2 aromatic heterocycles. The van der Waals surface area contributed by atoms with E-state index in [1.165, 1.54) is 17.4 Å². The third-order valence-corrected chi connectivity index (χ3v) is 6.63. The number of aryl methyl sites for hydroxylation is 1. The Morgan fingerprint density at radius 3 is 2.49 bits per heavy atom. The normalized spacial score (nSPS) is 13.9. The van der Waals surface area contributed by atoms with Crippen LogP contribution in [-0.2, 0) is 5.75 Å². The molecular formula is C26H33N5O3S. The number of amides is 1. The number of hydrogen-bond donors (Lipinski definition) is 1. The van der Waals surface area contributed by atoms with Crippen molar-refractivity contribution in [3.8, 4) is 5.75 Å². The molecule has 1 aromatic carbocycles. The molecule has 0 bridgehead atoms. The molecule has 1 saturated heterocycles. The van der Waals surface area contributed by atoms with Crippen LogP contribution in [0, 0.1) is 12.8 Å². The Morgan fingerprint density at radius 2 is 1.80 bits per heavy atom. The van der Waals surface area contributed by atoms with Gasteiger partial charge in [0.05, 0.1) is 12.9 Å². The van der Waals surface area contributed by atoms with Gasteiger partial charge in [-0.05, 0) is 49.2 Å². The highest BCUT2D eigenvalue weighted by molar-refractivity contribution is 7.98. The van der Waals surface area contributed by atoms with E-state index in [1.807, 2.05) is 31.2 Å². The van der Waals surface area contributed by atoms with Crippen LogP contribution in [0.5, 0.6) is 5.75 Å². The molecule has 8 nitrogen and oxygen atoms in total. The van der Waals surface area contributed by atoms with Crippen LogP contribution in [0.1, 0.15) is 35.9 Å². The van der Waals surface area contributed by atoms with E-state index in [1.54, 1.807) is 13.2 Å². The summed E-state index contributed by atoms with van der Waals surface area (Å²) in [6.07, 6.45) is 0. The molecule has 1 N–H and O–H groups in total. The zero-order valence-electron chi connectivity index (χ0n) is 20.8. The molecule has 1 aliphatic rings. The summed E-state index contributed by atoms with van der Waals surface area (Å²) >= 11 is 1.51. The maximum Gasteiger partial charge on any atom is 0.287 e. The third-order valence-electron chi connectivity index (χ3n) is 5.76. The number of rotatable bonds is 9. The Morgan fingerprint density at radius 1 is 1.09 bits per heavy atom. The standard InChI is InChI=1S/C26H33N5O3S/c1-18(2)16-27-25(32)23-10-9-22(34-23)17-35-26-28-19(3)15-24(29-26)31-13-11-30(12-14-31)20-5-7-21(33-4)8-6-20/h5-10,15,18H,11-14,16-17H2,1-4H3,(H,27,32). The van der Waals surface area contributed by atoms with Crippen LogP contribution >= 0.6 is 11.8 Å². The Balaban J connectivity index is 1.33. The van der Waals surface area contributed by atoms with Gasteiger partial charge in [-0.1, -0.05) is 25.6 Å². The van der Waals surface area contributed by atoms with Gasteiger partial charge in [0.1, 0.15) is 17.3 Å². The first kappa shape index (κ1) is 24.9. The van der Waals surface area contributed by atoms with E-state index in [2.05, 4.69) is 46.1 Å². The van der Waals surface area contributed by atoms with Crippen molar-refractivity contribution in [1.29, 1.82) is 0 Å². The number of nitrogens with one attached hydrogen (secondary N) is 1. The first-order valence-electron chi connectivity index (χ1n) is 11.9. The summed E-state index contributed by atoms with van der Waals surface area (Å²) in [5.41, 5.74) is 2.14. The number of furan rings is 1. The number of carbonyl (C=O) groups is 1. The molecule has 0 saturated carbocycles. The van der Waals surface area contributed by atoms with Crippen molar-refractivity contribution < 1.29 is 13.9 Å². The number of methoxy groups -OCH3 is 1. The number of benzene rings is 1. The summed E-state index contributed by atoms with van der Waals surface area (Å²) in [7, 11) is 1.68. The number of ether oxygens (including phenoxy) is 1. The van der Waals surface area contributed by atoms with Gasteiger partial charge in [-0.25, -0.2) is 9.97 Å². The number of hydrogen-bond acceptors (Lipinski definition) is 8. The van der Waals surface area contributed by atoms with Crippen LogP contribution in [0.2, 0.25) is 0 Å². The van der Waals surface area contributed by atoms with Gasteiger partial charge in [0.25, 0.3) is 5.91 Å². The van der Waals surface area contributed by atoms with Gasteiger partial charge in [0, 0.05) is 50.2 Å². The molecule has 0 unspecified atom stereocenters. The number of piperazine rings is 1. The summed E-state index contributed by atoms with van der Waals surface area (Å²) in [5.74, 6) is 3.65. The first-order valence-corrected chi connectivity index (χ1v) is 12.9. The summed E-state index contributed by atoms with van der Waals surface area (Å²) in [5, 5.41) is 3.58. The molecule has 9 heteroatoms. The number of aromatic nitrogens is 2. The molecule has 0 radical (unpaired) electrons. The Hall–Kier alpha value is -3.20. The molecule has 4 rings (SSSR count). The van der Waals surface area contributed by atoms with Gasteiger partial charge in [-0.15, -0.1) is 0 Å². The van der Waals surface area contributed by atoms with Crippen molar-refractivity contribution in [1.82, 2.24) is 15.3 Å². The van der Waals surface area contributed by atoms with E-state index in [0.29, 0.717) is 29.1 Å². The molecule has 0 atom stereocenters. The van der Waals surface area contributed by atoms with E-state index in [4.69, 9.17) is 14.1 Å². The van der Waals surface area contributed by atoms with Gasteiger partial charge >= 0.3 is 0 Å². The van der Waals surface area contributed by atoms with Crippen molar-refractivity contribution in [2.45, 2.75) is 31.7 Å². The molecule has 1 fully saturated rings. The van der Waals surface area contributed by atoms with Crippen molar-refractivity contribution in [2.75, 3.05) is 49.6 Å².